The third-order valence-corrected chi connectivity index (χ3v) is 4.68. The van der Waals surface area contributed by atoms with E-state index in [0.29, 0.717) is 5.16 Å². The summed E-state index contributed by atoms with van der Waals surface area (Å²) in [6.07, 6.45) is 1.75. The molecule has 1 aromatic carbocycles. The van der Waals surface area contributed by atoms with Gasteiger partial charge in [-0.1, -0.05) is 40.7 Å². The zero-order valence-corrected chi connectivity index (χ0v) is 14.2. The van der Waals surface area contributed by atoms with E-state index in [9.17, 15) is 4.79 Å². The third kappa shape index (κ3) is 3.85. The van der Waals surface area contributed by atoms with E-state index in [2.05, 4.69) is 33.1 Å². The normalized spacial score (nSPS) is 10.8. The summed E-state index contributed by atoms with van der Waals surface area (Å²) >= 11 is 4.71. The minimum Gasteiger partial charge on any atom is -0.481 e. The quantitative estimate of drug-likeness (QED) is 0.789. The molecule has 0 aliphatic rings. The zero-order chi connectivity index (χ0) is 15.4. The van der Waals surface area contributed by atoms with E-state index in [1.807, 2.05) is 29.7 Å². The van der Waals surface area contributed by atoms with Crippen LogP contribution < -0.4 is 0 Å². The van der Waals surface area contributed by atoms with Crippen LogP contribution in [0.2, 0.25) is 0 Å². The standard InChI is InChI=1S/C14H16BrN3O2S/c1-3-4-12-16-17-14(21-8-13(19)20)18(12)10-6-5-9(2)11(15)7-10/h5-7H,3-4,8H2,1-2H3,(H,19,20). The molecule has 2 rings (SSSR count). The van der Waals surface area contributed by atoms with Gasteiger partial charge in [-0.25, -0.2) is 0 Å². The number of hydrogen-bond acceptors (Lipinski definition) is 4. The van der Waals surface area contributed by atoms with Crippen molar-refractivity contribution in [3.05, 3.63) is 34.1 Å². The van der Waals surface area contributed by atoms with Crippen molar-refractivity contribution in [2.45, 2.75) is 31.8 Å². The Bertz CT molecular complexity index is 658. The number of carbonyl (C=O) groups is 1. The van der Waals surface area contributed by atoms with Crippen molar-refractivity contribution in [2.75, 3.05) is 5.75 Å². The Kier molecular flexibility index (Phi) is 5.41. The first-order valence-corrected chi connectivity index (χ1v) is 8.36. The van der Waals surface area contributed by atoms with Crippen LogP contribution in [0.3, 0.4) is 0 Å². The Morgan fingerprint density at radius 1 is 1.43 bits per heavy atom. The first-order valence-electron chi connectivity index (χ1n) is 6.58. The van der Waals surface area contributed by atoms with Gasteiger partial charge >= 0.3 is 5.97 Å². The summed E-state index contributed by atoms with van der Waals surface area (Å²) in [5, 5.41) is 17.8. The number of carboxylic acid groups (broad SMARTS) is 1. The van der Waals surface area contributed by atoms with Gasteiger partial charge in [-0.15, -0.1) is 10.2 Å². The summed E-state index contributed by atoms with van der Waals surface area (Å²) in [6, 6.07) is 6.01. The molecule has 0 aliphatic heterocycles. The molecule has 0 fully saturated rings. The molecule has 0 saturated heterocycles. The lowest BCUT2D eigenvalue weighted by atomic mass is 10.2. The lowest BCUT2D eigenvalue weighted by Gasteiger charge is -2.10. The van der Waals surface area contributed by atoms with E-state index in [4.69, 9.17) is 5.11 Å². The molecule has 0 spiro atoms. The molecule has 0 saturated carbocycles. The lowest BCUT2D eigenvalue weighted by Crippen LogP contribution is -2.05. The van der Waals surface area contributed by atoms with Crippen LogP contribution >= 0.6 is 27.7 Å². The van der Waals surface area contributed by atoms with Crippen molar-refractivity contribution in [3.63, 3.8) is 0 Å². The fourth-order valence-corrected chi connectivity index (χ4v) is 2.94. The fourth-order valence-electron chi connectivity index (χ4n) is 1.89. The predicted molar refractivity (Wildman–Crippen MR) is 86.2 cm³/mol. The summed E-state index contributed by atoms with van der Waals surface area (Å²) < 4.78 is 2.94. The molecule has 112 valence electrons. The predicted octanol–water partition coefficient (Wildman–Crippen LogP) is 3.47. The van der Waals surface area contributed by atoms with Gasteiger partial charge in [0.2, 0.25) is 0 Å². The minimum atomic E-state index is -0.864. The van der Waals surface area contributed by atoms with Crippen LogP contribution in [-0.4, -0.2) is 31.6 Å². The number of aromatic nitrogens is 3. The third-order valence-electron chi connectivity index (χ3n) is 2.91. The monoisotopic (exact) mass is 369 g/mol. The maximum atomic E-state index is 10.8. The summed E-state index contributed by atoms with van der Waals surface area (Å²) in [4.78, 5) is 10.8. The van der Waals surface area contributed by atoms with Crippen LogP contribution in [0.15, 0.2) is 27.8 Å². The average molecular weight is 370 g/mol. The number of benzene rings is 1. The van der Waals surface area contributed by atoms with E-state index in [1.54, 1.807) is 0 Å². The van der Waals surface area contributed by atoms with Gasteiger partial charge in [-0.3, -0.25) is 9.36 Å². The Balaban J connectivity index is 2.44. The molecule has 0 aliphatic carbocycles. The summed E-state index contributed by atoms with van der Waals surface area (Å²) in [5.41, 5.74) is 2.08. The van der Waals surface area contributed by atoms with Crippen LogP contribution in [0.1, 0.15) is 24.7 Å². The molecule has 5 nitrogen and oxygen atoms in total. The molecule has 2 aromatic rings. The van der Waals surface area contributed by atoms with E-state index < -0.39 is 5.97 Å². The molecule has 1 heterocycles. The maximum absolute atomic E-state index is 10.8. The van der Waals surface area contributed by atoms with Crippen molar-refractivity contribution in [3.8, 4) is 5.69 Å². The summed E-state index contributed by atoms with van der Waals surface area (Å²) in [6.45, 7) is 4.10. The van der Waals surface area contributed by atoms with Crippen LogP contribution in [0, 0.1) is 6.92 Å². The van der Waals surface area contributed by atoms with Gasteiger partial charge in [0.05, 0.1) is 11.4 Å². The van der Waals surface area contributed by atoms with Gasteiger partial charge < -0.3 is 5.11 Å². The van der Waals surface area contributed by atoms with Crippen LogP contribution in [0.5, 0.6) is 0 Å². The molecule has 1 N–H and O–H groups in total. The molecule has 7 heteroatoms. The number of nitrogens with zero attached hydrogens (tertiary/aromatic N) is 3. The Labute approximate surface area is 135 Å². The zero-order valence-electron chi connectivity index (χ0n) is 11.8. The SMILES string of the molecule is CCCc1nnc(SCC(=O)O)n1-c1ccc(C)c(Br)c1. The number of aryl methyl sites for hydroxylation is 2. The lowest BCUT2D eigenvalue weighted by molar-refractivity contribution is -0.133. The second kappa shape index (κ2) is 7.09. The van der Waals surface area contributed by atoms with Gasteiger partial charge in [0.15, 0.2) is 5.16 Å². The highest BCUT2D eigenvalue weighted by molar-refractivity contribution is 9.10. The molecule has 0 bridgehead atoms. The average Bonchev–Trinajstić information content (AvgIpc) is 2.83. The van der Waals surface area contributed by atoms with Crippen LogP contribution in [0.25, 0.3) is 5.69 Å². The van der Waals surface area contributed by atoms with Crippen LogP contribution in [-0.2, 0) is 11.2 Å². The van der Waals surface area contributed by atoms with Gasteiger partial charge in [0.25, 0.3) is 0 Å². The molecule has 0 radical (unpaired) electrons. The topological polar surface area (TPSA) is 68.0 Å². The molecular weight excluding hydrogens is 354 g/mol. The number of carboxylic acids is 1. The second-order valence-electron chi connectivity index (χ2n) is 4.60. The first kappa shape index (κ1) is 16.0. The molecule has 0 atom stereocenters. The number of rotatable bonds is 6. The van der Waals surface area contributed by atoms with Crippen LogP contribution in [0.4, 0.5) is 0 Å². The Morgan fingerprint density at radius 3 is 2.81 bits per heavy atom. The number of hydrogen-bond donors (Lipinski definition) is 1. The second-order valence-corrected chi connectivity index (χ2v) is 6.40. The summed E-state index contributed by atoms with van der Waals surface area (Å²) in [5.74, 6) is -0.0464. The largest absolute Gasteiger partial charge is 0.481 e. The highest BCUT2D eigenvalue weighted by Crippen LogP contribution is 2.26. The maximum Gasteiger partial charge on any atom is 0.313 e. The van der Waals surface area contributed by atoms with E-state index >= 15 is 0 Å². The van der Waals surface area contributed by atoms with Gasteiger partial charge in [0, 0.05) is 10.9 Å². The van der Waals surface area contributed by atoms with Crippen molar-refractivity contribution < 1.29 is 9.90 Å². The number of halogens is 1. The Hall–Kier alpha value is -1.34. The van der Waals surface area contributed by atoms with Gasteiger partial charge in [-0.05, 0) is 31.0 Å². The van der Waals surface area contributed by atoms with E-state index in [0.717, 1.165) is 34.4 Å². The molecule has 0 unspecified atom stereocenters. The van der Waals surface area contributed by atoms with Gasteiger partial charge in [-0.2, -0.15) is 0 Å². The fraction of sp³-hybridized carbons (Fsp3) is 0.357. The van der Waals surface area contributed by atoms with Crippen molar-refractivity contribution in [1.82, 2.24) is 14.8 Å². The molecular formula is C14H16BrN3O2S. The van der Waals surface area contributed by atoms with E-state index in [-0.39, 0.29) is 5.75 Å². The van der Waals surface area contributed by atoms with Gasteiger partial charge in [0.1, 0.15) is 5.82 Å². The van der Waals surface area contributed by atoms with Crippen molar-refractivity contribution in [2.24, 2.45) is 0 Å². The van der Waals surface area contributed by atoms with E-state index in [1.165, 1.54) is 11.8 Å². The number of aliphatic carboxylic acids is 1. The number of thioether (sulfide) groups is 1. The molecule has 21 heavy (non-hydrogen) atoms. The highest BCUT2D eigenvalue weighted by atomic mass is 79.9. The highest BCUT2D eigenvalue weighted by Gasteiger charge is 2.15. The first-order chi connectivity index (χ1) is 10.0. The van der Waals surface area contributed by atoms with Crippen molar-refractivity contribution in [1.29, 1.82) is 0 Å². The molecule has 0 amide bonds. The minimum absolute atomic E-state index is 0.0305. The summed E-state index contributed by atoms with van der Waals surface area (Å²) in [7, 11) is 0. The van der Waals surface area contributed by atoms with Crippen molar-refractivity contribution >= 4 is 33.7 Å². The Morgan fingerprint density at radius 2 is 2.19 bits per heavy atom. The smallest absolute Gasteiger partial charge is 0.313 e. The molecule has 1 aromatic heterocycles.